The molecule has 0 saturated heterocycles. The van der Waals surface area contributed by atoms with Gasteiger partial charge >= 0.3 is 0 Å². The molecule has 0 aliphatic heterocycles. The van der Waals surface area contributed by atoms with Gasteiger partial charge < -0.3 is 10.1 Å². The van der Waals surface area contributed by atoms with Crippen LogP contribution in [-0.4, -0.2) is 31.8 Å². The zero-order valence-electron chi connectivity index (χ0n) is 15.0. The number of aryl methyl sites for hydroxylation is 2. The fourth-order valence-corrected chi connectivity index (χ4v) is 3.76. The number of anilines is 1. The molecule has 0 spiro atoms. The van der Waals surface area contributed by atoms with E-state index in [-0.39, 0.29) is 0 Å². The van der Waals surface area contributed by atoms with Gasteiger partial charge in [0.1, 0.15) is 21.7 Å². The van der Waals surface area contributed by atoms with Crippen LogP contribution in [0.3, 0.4) is 0 Å². The lowest BCUT2D eigenvalue weighted by Gasteiger charge is -2.09. The van der Waals surface area contributed by atoms with Gasteiger partial charge in [0.15, 0.2) is 0 Å². The molecule has 1 aliphatic carbocycles. The second-order valence-corrected chi connectivity index (χ2v) is 8.70. The van der Waals surface area contributed by atoms with Crippen LogP contribution in [0.4, 0.5) is 5.82 Å². The highest BCUT2D eigenvalue weighted by atomic mass is 79.9. The standard InChI is InChI=1S/C18H19BrN6OS/c1-10-22-16(21-8-18-25-24-11(2)27-18)6-17(23-10)26-9-12-5-14(12)15-4-3-13(19)7-20-15/h3-4,6-7,12,14H,5,8-9H2,1-2H3,(H,21,22,23). The summed E-state index contributed by atoms with van der Waals surface area (Å²) in [4.78, 5) is 13.3. The maximum Gasteiger partial charge on any atom is 0.218 e. The molecule has 2 unspecified atom stereocenters. The Kier molecular flexibility index (Phi) is 5.31. The van der Waals surface area contributed by atoms with E-state index in [2.05, 4.69) is 52.5 Å². The quantitative estimate of drug-likeness (QED) is 0.588. The second kappa shape index (κ2) is 7.85. The van der Waals surface area contributed by atoms with Crippen molar-refractivity contribution in [3.05, 3.63) is 50.4 Å². The minimum Gasteiger partial charge on any atom is -0.477 e. The van der Waals surface area contributed by atoms with Crippen molar-refractivity contribution in [2.24, 2.45) is 5.92 Å². The molecule has 1 fully saturated rings. The Hall–Kier alpha value is -2.13. The lowest BCUT2D eigenvalue weighted by atomic mass is 10.2. The molecule has 7 nitrogen and oxygen atoms in total. The Morgan fingerprint density at radius 1 is 1.26 bits per heavy atom. The summed E-state index contributed by atoms with van der Waals surface area (Å²) >= 11 is 4.99. The van der Waals surface area contributed by atoms with Crippen LogP contribution >= 0.6 is 27.3 Å². The smallest absolute Gasteiger partial charge is 0.218 e. The summed E-state index contributed by atoms with van der Waals surface area (Å²) in [5, 5.41) is 13.3. The van der Waals surface area contributed by atoms with Gasteiger partial charge in [0.2, 0.25) is 5.88 Å². The lowest BCUT2D eigenvalue weighted by Crippen LogP contribution is -2.07. The number of aromatic nitrogens is 5. The molecular weight excluding hydrogens is 428 g/mol. The molecule has 1 aliphatic rings. The van der Waals surface area contributed by atoms with Crippen LogP contribution < -0.4 is 10.1 Å². The average Bonchev–Trinajstić information content (AvgIpc) is 3.30. The van der Waals surface area contributed by atoms with Gasteiger partial charge in [-0.15, -0.1) is 10.2 Å². The third-order valence-corrected chi connectivity index (χ3v) is 5.61. The van der Waals surface area contributed by atoms with Gasteiger partial charge in [-0.05, 0) is 48.3 Å². The van der Waals surface area contributed by atoms with E-state index >= 15 is 0 Å². The second-order valence-electron chi connectivity index (χ2n) is 6.52. The van der Waals surface area contributed by atoms with E-state index in [9.17, 15) is 0 Å². The van der Waals surface area contributed by atoms with Crippen molar-refractivity contribution in [2.45, 2.75) is 32.7 Å². The van der Waals surface area contributed by atoms with Gasteiger partial charge in [-0.2, -0.15) is 4.98 Å². The molecule has 3 heterocycles. The number of nitrogens with one attached hydrogen (secondary N) is 1. The van der Waals surface area contributed by atoms with Gasteiger partial charge in [0.05, 0.1) is 13.2 Å². The van der Waals surface area contributed by atoms with E-state index in [1.165, 1.54) is 0 Å². The molecule has 140 valence electrons. The third kappa shape index (κ3) is 4.78. The van der Waals surface area contributed by atoms with Crippen molar-refractivity contribution in [1.29, 1.82) is 0 Å². The number of pyridine rings is 1. The monoisotopic (exact) mass is 446 g/mol. The Bertz CT molecular complexity index is 932. The zero-order valence-corrected chi connectivity index (χ0v) is 17.4. The summed E-state index contributed by atoms with van der Waals surface area (Å²) in [7, 11) is 0. The highest BCUT2D eigenvalue weighted by molar-refractivity contribution is 9.10. The summed E-state index contributed by atoms with van der Waals surface area (Å²) in [6.07, 6.45) is 2.94. The Labute approximate surface area is 169 Å². The van der Waals surface area contributed by atoms with Gasteiger partial charge in [-0.3, -0.25) is 4.98 Å². The summed E-state index contributed by atoms with van der Waals surface area (Å²) in [6.45, 7) is 5.02. The average molecular weight is 447 g/mol. The van der Waals surface area contributed by atoms with E-state index in [1.54, 1.807) is 11.3 Å². The van der Waals surface area contributed by atoms with E-state index in [4.69, 9.17) is 4.74 Å². The molecule has 0 bridgehead atoms. The van der Waals surface area contributed by atoms with Crippen LogP contribution in [0.15, 0.2) is 28.9 Å². The lowest BCUT2D eigenvalue weighted by molar-refractivity contribution is 0.284. The molecule has 0 amide bonds. The minimum atomic E-state index is 0.472. The topological polar surface area (TPSA) is 85.7 Å². The first kappa shape index (κ1) is 18.2. The maximum atomic E-state index is 5.93. The van der Waals surface area contributed by atoms with Gasteiger partial charge in [-0.25, -0.2) is 4.98 Å². The number of nitrogens with zero attached hydrogens (tertiary/aromatic N) is 5. The van der Waals surface area contributed by atoms with Crippen molar-refractivity contribution in [2.75, 3.05) is 11.9 Å². The van der Waals surface area contributed by atoms with Crippen LogP contribution in [0.1, 0.15) is 33.9 Å². The molecule has 2 atom stereocenters. The normalized spacial score (nSPS) is 18.3. The van der Waals surface area contributed by atoms with Crippen LogP contribution in [0.2, 0.25) is 0 Å². The van der Waals surface area contributed by atoms with Crippen molar-refractivity contribution >= 4 is 33.1 Å². The van der Waals surface area contributed by atoms with Gasteiger partial charge in [0.25, 0.3) is 0 Å². The summed E-state index contributed by atoms with van der Waals surface area (Å²) in [6, 6.07) is 5.93. The first-order valence-electron chi connectivity index (χ1n) is 8.69. The molecular formula is C18H19BrN6OS. The van der Waals surface area contributed by atoms with Crippen molar-refractivity contribution in [1.82, 2.24) is 25.1 Å². The molecule has 3 aromatic rings. The number of rotatable bonds is 7. The molecule has 0 aromatic carbocycles. The molecule has 3 aromatic heterocycles. The Morgan fingerprint density at radius 2 is 2.15 bits per heavy atom. The van der Waals surface area contributed by atoms with Crippen LogP contribution in [0.5, 0.6) is 5.88 Å². The molecule has 9 heteroatoms. The molecule has 4 rings (SSSR count). The van der Waals surface area contributed by atoms with Gasteiger partial charge in [0, 0.05) is 34.3 Å². The highest BCUT2D eigenvalue weighted by Gasteiger charge is 2.40. The highest BCUT2D eigenvalue weighted by Crippen LogP contribution is 2.46. The van der Waals surface area contributed by atoms with E-state index < -0.39 is 0 Å². The summed E-state index contributed by atoms with van der Waals surface area (Å²) < 4.78 is 6.93. The summed E-state index contributed by atoms with van der Waals surface area (Å²) in [5.74, 6) is 2.94. The van der Waals surface area contributed by atoms with Crippen LogP contribution in [0, 0.1) is 19.8 Å². The number of hydrogen-bond acceptors (Lipinski definition) is 8. The van der Waals surface area contributed by atoms with Crippen LogP contribution in [-0.2, 0) is 6.54 Å². The zero-order chi connectivity index (χ0) is 18.8. The molecule has 1 saturated carbocycles. The van der Waals surface area contributed by atoms with E-state index in [1.807, 2.05) is 32.2 Å². The maximum absolute atomic E-state index is 5.93. The summed E-state index contributed by atoms with van der Waals surface area (Å²) in [5.41, 5.74) is 1.13. The Balaban J connectivity index is 1.32. The first-order chi connectivity index (χ1) is 13.1. The van der Waals surface area contributed by atoms with Crippen LogP contribution in [0.25, 0.3) is 0 Å². The molecule has 0 radical (unpaired) electrons. The minimum absolute atomic E-state index is 0.472. The van der Waals surface area contributed by atoms with E-state index in [0.29, 0.717) is 36.7 Å². The third-order valence-electron chi connectivity index (χ3n) is 4.30. The molecule has 1 N–H and O–H groups in total. The predicted molar refractivity (Wildman–Crippen MR) is 107 cm³/mol. The van der Waals surface area contributed by atoms with Gasteiger partial charge in [-0.1, -0.05) is 11.3 Å². The van der Waals surface area contributed by atoms with Crippen molar-refractivity contribution < 1.29 is 4.74 Å². The predicted octanol–water partition coefficient (Wildman–Crippen LogP) is 3.90. The fourth-order valence-electron chi connectivity index (χ4n) is 2.87. The fraction of sp³-hybridized carbons (Fsp3) is 0.389. The SMILES string of the molecule is Cc1nc(NCc2nnc(C)s2)cc(OCC2CC2c2ccc(Br)cn2)n1. The number of hydrogen-bond donors (Lipinski definition) is 1. The van der Waals surface area contributed by atoms with E-state index in [0.717, 1.165) is 32.4 Å². The largest absolute Gasteiger partial charge is 0.477 e. The number of halogens is 1. The van der Waals surface area contributed by atoms with Crippen molar-refractivity contribution in [3.8, 4) is 5.88 Å². The number of ether oxygens (including phenoxy) is 1. The van der Waals surface area contributed by atoms with Crippen molar-refractivity contribution in [3.63, 3.8) is 0 Å². The first-order valence-corrected chi connectivity index (χ1v) is 10.3. The molecule has 27 heavy (non-hydrogen) atoms. The Morgan fingerprint density at radius 3 is 2.89 bits per heavy atom.